The van der Waals surface area contributed by atoms with Gasteiger partial charge in [-0.05, 0) is 55.5 Å². The number of rotatable bonds is 12. The lowest BCUT2D eigenvalue weighted by Gasteiger charge is -2.34. The molecule has 1 atom stereocenters. The number of halogens is 2. The van der Waals surface area contributed by atoms with Gasteiger partial charge in [0.1, 0.15) is 12.6 Å². The van der Waals surface area contributed by atoms with Crippen LogP contribution in [0, 0.1) is 19.8 Å². The molecule has 2 amide bonds. The SMILES string of the molecule is CCC(C(=O)NCC(C)C)N(Cc1c(Cl)cccc1Cl)C(=O)CN(c1cc(C)ccc1C)S(=O)(=O)N(C)C. The zero-order valence-corrected chi connectivity index (χ0v) is 25.4. The smallest absolute Gasteiger partial charge is 0.304 e. The molecule has 1 unspecified atom stereocenters. The molecule has 0 bridgehead atoms. The summed E-state index contributed by atoms with van der Waals surface area (Å²) < 4.78 is 29.0. The largest absolute Gasteiger partial charge is 0.354 e. The standard InChI is InChI=1S/C27H38Cl2N4O4S/c1-8-24(27(35)30-15-18(2)3)32(16-21-22(28)10-9-11-23(21)29)26(34)17-33(38(36,37)31(6)7)25-14-19(4)12-13-20(25)5/h9-14,18,24H,8,15-17H2,1-7H3,(H,30,35). The summed E-state index contributed by atoms with van der Waals surface area (Å²) in [5, 5.41) is 3.59. The van der Waals surface area contributed by atoms with Gasteiger partial charge in [-0.25, -0.2) is 4.31 Å². The number of nitrogens with zero attached hydrogens (tertiary/aromatic N) is 3. The molecular weight excluding hydrogens is 547 g/mol. The first-order chi connectivity index (χ1) is 17.7. The lowest BCUT2D eigenvalue weighted by atomic mass is 10.1. The van der Waals surface area contributed by atoms with Crippen molar-refractivity contribution in [3.8, 4) is 0 Å². The second kappa shape index (κ2) is 13.6. The highest BCUT2D eigenvalue weighted by atomic mass is 35.5. The van der Waals surface area contributed by atoms with Crippen LogP contribution in [0.4, 0.5) is 5.69 Å². The van der Waals surface area contributed by atoms with Crippen LogP contribution >= 0.6 is 23.2 Å². The summed E-state index contributed by atoms with van der Waals surface area (Å²) in [5.41, 5.74) is 2.40. The Hall–Kier alpha value is -2.33. The summed E-state index contributed by atoms with van der Waals surface area (Å²) in [4.78, 5) is 28.6. The molecule has 11 heteroatoms. The lowest BCUT2D eigenvalue weighted by molar-refractivity contribution is -0.140. The van der Waals surface area contributed by atoms with E-state index >= 15 is 0 Å². The first-order valence-corrected chi connectivity index (χ1v) is 14.6. The molecule has 38 heavy (non-hydrogen) atoms. The molecule has 8 nitrogen and oxygen atoms in total. The van der Waals surface area contributed by atoms with Gasteiger partial charge >= 0.3 is 10.2 Å². The lowest BCUT2D eigenvalue weighted by Crippen LogP contribution is -2.53. The first kappa shape index (κ1) is 31.9. The fourth-order valence-electron chi connectivity index (χ4n) is 3.89. The Morgan fingerprint density at radius 3 is 2.16 bits per heavy atom. The summed E-state index contributed by atoms with van der Waals surface area (Å²) in [6.45, 7) is 9.25. The second-order valence-electron chi connectivity index (χ2n) is 9.87. The van der Waals surface area contributed by atoms with E-state index < -0.39 is 28.7 Å². The molecule has 0 aromatic heterocycles. The molecule has 1 N–H and O–H groups in total. The molecule has 0 aliphatic heterocycles. The third kappa shape index (κ3) is 7.85. The van der Waals surface area contributed by atoms with Gasteiger partial charge in [0.15, 0.2) is 0 Å². The van der Waals surface area contributed by atoms with E-state index in [0.29, 0.717) is 39.8 Å². The normalized spacial score (nSPS) is 12.5. The summed E-state index contributed by atoms with van der Waals surface area (Å²) in [6, 6.07) is 9.55. The van der Waals surface area contributed by atoms with E-state index in [9.17, 15) is 18.0 Å². The highest BCUT2D eigenvalue weighted by Crippen LogP contribution is 2.29. The van der Waals surface area contributed by atoms with Crippen LogP contribution in [0.25, 0.3) is 0 Å². The highest BCUT2D eigenvalue weighted by Gasteiger charge is 2.34. The number of carbonyl (C=O) groups is 2. The Balaban J connectivity index is 2.60. The van der Waals surface area contributed by atoms with Crippen LogP contribution in [-0.4, -0.2) is 62.7 Å². The Kier molecular flexibility index (Phi) is 11.4. The Labute approximate surface area is 237 Å². The van der Waals surface area contributed by atoms with Crippen molar-refractivity contribution in [1.29, 1.82) is 0 Å². The summed E-state index contributed by atoms with van der Waals surface area (Å²) in [5.74, 6) is -0.672. The first-order valence-electron chi connectivity index (χ1n) is 12.5. The average molecular weight is 586 g/mol. The van der Waals surface area contributed by atoms with Gasteiger partial charge in [-0.2, -0.15) is 12.7 Å². The monoisotopic (exact) mass is 584 g/mol. The van der Waals surface area contributed by atoms with E-state index in [0.717, 1.165) is 14.2 Å². The summed E-state index contributed by atoms with van der Waals surface area (Å²) in [7, 11) is -1.24. The van der Waals surface area contributed by atoms with Crippen molar-refractivity contribution >= 4 is 50.9 Å². The molecule has 0 radical (unpaired) electrons. The molecule has 0 saturated heterocycles. The number of hydrogen-bond acceptors (Lipinski definition) is 4. The Morgan fingerprint density at radius 1 is 1.03 bits per heavy atom. The third-order valence-corrected chi connectivity index (χ3v) is 8.63. The molecule has 0 aliphatic carbocycles. The van der Waals surface area contributed by atoms with Gasteiger partial charge in [0.25, 0.3) is 0 Å². The van der Waals surface area contributed by atoms with Gasteiger partial charge in [0.05, 0.1) is 5.69 Å². The number of nitrogens with one attached hydrogen (secondary N) is 1. The Morgan fingerprint density at radius 2 is 1.63 bits per heavy atom. The van der Waals surface area contributed by atoms with Crippen molar-refractivity contribution in [2.75, 3.05) is 31.5 Å². The van der Waals surface area contributed by atoms with Gasteiger partial charge in [0.2, 0.25) is 11.8 Å². The van der Waals surface area contributed by atoms with Crippen LogP contribution in [0.15, 0.2) is 36.4 Å². The molecule has 210 valence electrons. The molecule has 0 aliphatic rings. The number of anilines is 1. The maximum atomic E-state index is 14.0. The van der Waals surface area contributed by atoms with Crippen molar-refractivity contribution in [2.24, 2.45) is 5.92 Å². The average Bonchev–Trinajstić information content (AvgIpc) is 2.84. The number of amides is 2. The predicted molar refractivity (Wildman–Crippen MR) is 155 cm³/mol. The van der Waals surface area contributed by atoms with Crippen LogP contribution in [0.2, 0.25) is 10.0 Å². The van der Waals surface area contributed by atoms with Crippen molar-refractivity contribution in [3.05, 3.63) is 63.1 Å². The number of benzene rings is 2. The highest BCUT2D eigenvalue weighted by molar-refractivity contribution is 7.90. The van der Waals surface area contributed by atoms with Crippen LogP contribution in [0.3, 0.4) is 0 Å². The number of carbonyl (C=O) groups excluding carboxylic acids is 2. The fourth-order valence-corrected chi connectivity index (χ4v) is 5.52. The minimum atomic E-state index is -4.06. The van der Waals surface area contributed by atoms with Crippen LogP contribution in [-0.2, 0) is 26.3 Å². The molecule has 0 saturated carbocycles. The molecule has 2 aromatic carbocycles. The maximum Gasteiger partial charge on any atom is 0.304 e. The quantitative estimate of drug-likeness (QED) is 0.388. The topological polar surface area (TPSA) is 90.0 Å². The minimum Gasteiger partial charge on any atom is -0.354 e. The molecule has 2 aromatic rings. The third-order valence-electron chi connectivity index (χ3n) is 6.11. The summed E-state index contributed by atoms with van der Waals surface area (Å²) in [6.07, 6.45) is 0.307. The van der Waals surface area contributed by atoms with Crippen LogP contribution in [0.1, 0.15) is 43.9 Å². The molecule has 0 fully saturated rings. The zero-order valence-electron chi connectivity index (χ0n) is 23.1. The van der Waals surface area contributed by atoms with E-state index in [-0.39, 0.29) is 18.4 Å². The van der Waals surface area contributed by atoms with Gasteiger partial charge in [-0.3, -0.25) is 9.59 Å². The summed E-state index contributed by atoms with van der Waals surface area (Å²) >= 11 is 12.9. The minimum absolute atomic E-state index is 0.0619. The van der Waals surface area contributed by atoms with Crippen LogP contribution in [0.5, 0.6) is 0 Å². The van der Waals surface area contributed by atoms with Crippen molar-refractivity contribution in [2.45, 2.75) is 53.6 Å². The van der Waals surface area contributed by atoms with Gasteiger partial charge in [-0.15, -0.1) is 0 Å². The van der Waals surface area contributed by atoms with Gasteiger partial charge < -0.3 is 10.2 Å². The van der Waals surface area contributed by atoms with E-state index in [1.807, 2.05) is 32.9 Å². The molecular formula is C27H38Cl2N4O4S. The van der Waals surface area contributed by atoms with E-state index in [1.54, 1.807) is 38.1 Å². The Bertz CT molecular complexity index is 1230. The van der Waals surface area contributed by atoms with Gasteiger partial charge in [-0.1, -0.05) is 62.2 Å². The van der Waals surface area contributed by atoms with Crippen LogP contribution < -0.4 is 9.62 Å². The molecule has 2 rings (SSSR count). The van der Waals surface area contributed by atoms with Gasteiger partial charge in [0, 0.05) is 42.8 Å². The second-order valence-corrected chi connectivity index (χ2v) is 12.8. The molecule has 0 spiro atoms. The molecule has 0 heterocycles. The number of aryl methyl sites for hydroxylation is 2. The predicted octanol–water partition coefficient (Wildman–Crippen LogP) is 4.80. The zero-order chi connectivity index (χ0) is 28.8. The van der Waals surface area contributed by atoms with E-state index in [2.05, 4.69) is 5.32 Å². The number of hydrogen-bond donors (Lipinski definition) is 1. The van der Waals surface area contributed by atoms with E-state index in [1.165, 1.54) is 19.0 Å². The van der Waals surface area contributed by atoms with Crippen molar-refractivity contribution < 1.29 is 18.0 Å². The van der Waals surface area contributed by atoms with E-state index in [4.69, 9.17) is 23.2 Å². The maximum absolute atomic E-state index is 14.0. The van der Waals surface area contributed by atoms with Crippen molar-refractivity contribution in [1.82, 2.24) is 14.5 Å². The van der Waals surface area contributed by atoms with Crippen molar-refractivity contribution in [3.63, 3.8) is 0 Å². The fraction of sp³-hybridized carbons (Fsp3) is 0.481.